The Morgan fingerprint density at radius 3 is 2.25 bits per heavy atom. The second kappa shape index (κ2) is 7.46. The van der Waals surface area contributed by atoms with Crippen LogP contribution in [-0.4, -0.2) is 12.2 Å². The predicted octanol–water partition coefficient (Wildman–Crippen LogP) is 5.08. The highest BCUT2D eigenvalue weighted by atomic mass is 16.5. The molecule has 20 heavy (non-hydrogen) atoms. The molecule has 0 radical (unpaired) electrons. The zero-order chi connectivity index (χ0) is 14.4. The molecule has 0 aromatic heterocycles. The highest BCUT2D eigenvalue weighted by Crippen LogP contribution is 2.42. The Hall–Kier alpha value is -0.550. The van der Waals surface area contributed by atoms with Crippen LogP contribution in [0.2, 0.25) is 0 Å². The van der Waals surface area contributed by atoms with Crippen molar-refractivity contribution in [1.82, 2.24) is 0 Å². The van der Waals surface area contributed by atoms with Crippen molar-refractivity contribution in [2.75, 3.05) is 6.61 Å². The number of nitriles is 1. The third-order valence-electron chi connectivity index (χ3n) is 5.70. The molecule has 0 heterocycles. The molecule has 1 unspecified atom stereocenters. The minimum absolute atomic E-state index is 0.464. The van der Waals surface area contributed by atoms with Gasteiger partial charge in [-0.3, -0.25) is 0 Å². The van der Waals surface area contributed by atoms with E-state index in [0.717, 1.165) is 37.7 Å². The summed E-state index contributed by atoms with van der Waals surface area (Å²) in [5, 5.41) is 9.55. The van der Waals surface area contributed by atoms with E-state index < -0.39 is 5.60 Å². The van der Waals surface area contributed by atoms with Crippen LogP contribution in [-0.2, 0) is 4.74 Å². The van der Waals surface area contributed by atoms with E-state index in [1.54, 1.807) is 0 Å². The molecule has 0 aromatic rings. The molecule has 0 spiro atoms. The fourth-order valence-electron chi connectivity index (χ4n) is 3.89. The lowest BCUT2D eigenvalue weighted by atomic mass is 9.70. The molecular formula is C18H31NO. The van der Waals surface area contributed by atoms with Crippen LogP contribution in [0, 0.1) is 29.1 Å². The zero-order valence-corrected chi connectivity index (χ0v) is 13.4. The van der Waals surface area contributed by atoms with Crippen LogP contribution in [0.5, 0.6) is 0 Å². The number of rotatable bonds is 5. The van der Waals surface area contributed by atoms with Crippen molar-refractivity contribution >= 4 is 0 Å². The molecule has 0 N–H and O–H groups in total. The molecule has 2 aliphatic carbocycles. The van der Waals surface area contributed by atoms with Gasteiger partial charge in [-0.1, -0.05) is 52.4 Å². The first-order valence-corrected chi connectivity index (χ1v) is 8.74. The van der Waals surface area contributed by atoms with Gasteiger partial charge in [0.2, 0.25) is 0 Å². The van der Waals surface area contributed by atoms with Crippen molar-refractivity contribution in [2.45, 2.75) is 83.7 Å². The average Bonchev–Trinajstić information content (AvgIpc) is 2.54. The molecule has 0 aromatic carbocycles. The Kier molecular flexibility index (Phi) is 5.90. The van der Waals surface area contributed by atoms with Crippen LogP contribution in [0.3, 0.4) is 0 Å². The predicted molar refractivity (Wildman–Crippen MR) is 82.3 cm³/mol. The van der Waals surface area contributed by atoms with Gasteiger partial charge < -0.3 is 4.74 Å². The van der Waals surface area contributed by atoms with Gasteiger partial charge in [0.1, 0.15) is 0 Å². The summed E-state index contributed by atoms with van der Waals surface area (Å²) in [5.74, 6) is 2.37. The molecule has 2 rings (SSSR count). The summed E-state index contributed by atoms with van der Waals surface area (Å²) in [7, 11) is 0. The quantitative estimate of drug-likeness (QED) is 0.702. The maximum atomic E-state index is 9.55. The van der Waals surface area contributed by atoms with Gasteiger partial charge in [0.15, 0.2) is 5.60 Å². The first-order chi connectivity index (χ1) is 9.69. The smallest absolute Gasteiger partial charge is 0.154 e. The van der Waals surface area contributed by atoms with Gasteiger partial charge in [-0.15, -0.1) is 0 Å². The van der Waals surface area contributed by atoms with Crippen LogP contribution in [0.15, 0.2) is 0 Å². The fourth-order valence-corrected chi connectivity index (χ4v) is 3.89. The monoisotopic (exact) mass is 277 g/mol. The third-order valence-corrected chi connectivity index (χ3v) is 5.70. The van der Waals surface area contributed by atoms with E-state index in [2.05, 4.69) is 19.9 Å². The van der Waals surface area contributed by atoms with Crippen LogP contribution in [0.4, 0.5) is 0 Å². The molecular weight excluding hydrogens is 246 g/mol. The Labute approximate surface area is 124 Å². The van der Waals surface area contributed by atoms with E-state index in [-0.39, 0.29) is 0 Å². The highest BCUT2D eigenvalue weighted by Gasteiger charge is 2.39. The van der Waals surface area contributed by atoms with Gasteiger partial charge >= 0.3 is 0 Å². The number of nitrogens with zero attached hydrogens (tertiary/aromatic N) is 1. The maximum absolute atomic E-state index is 9.55. The van der Waals surface area contributed by atoms with Crippen LogP contribution >= 0.6 is 0 Å². The van der Waals surface area contributed by atoms with Crippen molar-refractivity contribution < 1.29 is 4.74 Å². The van der Waals surface area contributed by atoms with Gasteiger partial charge in [-0.25, -0.2) is 0 Å². The number of hydrogen-bond acceptors (Lipinski definition) is 2. The highest BCUT2D eigenvalue weighted by molar-refractivity contribution is 5.05. The molecule has 2 saturated carbocycles. The third kappa shape index (κ3) is 3.98. The molecule has 1 atom stereocenters. The van der Waals surface area contributed by atoms with Gasteiger partial charge in [-0.05, 0) is 43.4 Å². The first-order valence-electron chi connectivity index (χ1n) is 8.74. The normalized spacial score (nSPS) is 33.5. The molecule has 2 nitrogen and oxygen atoms in total. The first kappa shape index (κ1) is 15.8. The fraction of sp³-hybridized carbons (Fsp3) is 0.944. The summed E-state index contributed by atoms with van der Waals surface area (Å²) in [6, 6.07) is 2.50. The van der Waals surface area contributed by atoms with Crippen LogP contribution < -0.4 is 0 Å². The van der Waals surface area contributed by atoms with E-state index >= 15 is 0 Å². The lowest BCUT2D eigenvalue weighted by molar-refractivity contribution is -0.0557. The lowest BCUT2D eigenvalue weighted by Gasteiger charge is -2.39. The summed E-state index contributed by atoms with van der Waals surface area (Å²) in [6.45, 7) is 5.14. The molecule has 2 fully saturated rings. The Morgan fingerprint density at radius 2 is 1.70 bits per heavy atom. The van der Waals surface area contributed by atoms with Gasteiger partial charge in [0, 0.05) is 0 Å². The van der Waals surface area contributed by atoms with E-state index in [9.17, 15) is 5.26 Å². The molecule has 2 aliphatic rings. The van der Waals surface area contributed by atoms with Crippen molar-refractivity contribution in [2.24, 2.45) is 17.8 Å². The Morgan fingerprint density at radius 1 is 1.10 bits per heavy atom. The van der Waals surface area contributed by atoms with Gasteiger partial charge in [-0.2, -0.15) is 5.26 Å². The Bertz CT molecular complexity index is 319. The average molecular weight is 277 g/mol. The summed E-state index contributed by atoms with van der Waals surface area (Å²) in [5.41, 5.74) is -0.464. The summed E-state index contributed by atoms with van der Waals surface area (Å²) in [6.07, 6.45) is 12.6. The summed E-state index contributed by atoms with van der Waals surface area (Å²) < 4.78 is 6.05. The minimum Gasteiger partial charge on any atom is -0.360 e. The molecule has 114 valence electrons. The van der Waals surface area contributed by atoms with E-state index in [1.165, 1.54) is 44.9 Å². The molecule has 0 saturated heterocycles. The molecule has 0 aliphatic heterocycles. The SMILES string of the molecule is CCC(C)COC1(C#N)CCC(C2CCCCC2)CC1. The van der Waals surface area contributed by atoms with Crippen molar-refractivity contribution in [1.29, 1.82) is 5.26 Å². The summed E-state index contributed by atoms with van der Waals surface area (Å²) >= 11 is 0. The standard InChI is InChI=1S/C18H31NO/c1-3-15(2)13-20-18(14-19)11-9-17(10-12-18)16-7-5-4-6-8-16/h15-17H,3-13H2,1-2H3. The zero-order valence-electron chi connectivity index (χ0n) is 13.4. The van der Waals surface area contributed by atoms with Crippen molar-refractivity contribution in [3.05, 3.63) is 0 Å². The number of ether oxygens (including phenoxy) is 1. The van der Waals surface area contributed by atoms with Crippen LogP contribution in [0.25, 0.3) is 0 Å². The van der Waals surface area contributed by atoms with Gasteiger partial charge in [0.25, 0.3) is 0 Å². The largest absolute Gasteiger partial charge is 0.360 e. The molecule has 2 heteroatoms. The Balaban J connectivity index is 1.82. The van der Waals surface area contributed by atoms with Crippen molar-refractivity contribution in [3.63, 3.8) is 0 Å². The lowest BCUT2D eigenvalue weighted by Crippen LogP contribution is -2.38. The second-order valence-electron chi connectivity index (χ2n) is 7.17. The summed E-state index contributed by atoms with van der Waals surface area (Å²) in [4.78, 5) is 0. The van der Waals surface area contributed by atoms with Crippen molar-refractivity contribution in [3.8, 4) is 6.07 Å². The maximum Gasteiger partial charge on any atom is 0.154 e. The minimum atomic E-state index is -0.464. The second-order valence-corrected chi connectivity index (χ2v) is 7.17. The van der Waals surface area contributed by atoms with E-state index in [1.807, 2.05) is 0 Å². The molecule has 0 amide bonds. The van der Waals surface area contributed by atoms with Gasteiger partial charge in [0.05, 0.1) is 12.7 Å². The van der Waals surface area contributed by atoms with Crippen LogP contribution in [0.1, 0.15) is 78.1 Å². The van der Waals surface area contributed by atoms with E-state index in [0.29, 0.717) is 5.92 Å². The van der Waals surface area contributed by atoms with E-state index in [4.69, 9.17) is 4.74 Å². The number of hydrogen-bond donors (Lipinski definition) is 0. The molecule has 0 bridgehead atoms. The topological polar surface area (TPSA) is 33.0 Å².